The molecule has 1 N–H and O–H groups in total. The van der Waals surface area contributed by atoms with Gasteiger partial charge in [0.2, 0.25) is 0 Å². The van der Waals surface area contributed by atoms with E-state index in [-0.39, 0.29) is 0 Å². The van der Waals surface area contributed by atoms with Gasteiger partial charge in [0.25, 0.3) is 0 Å². The molecule has 1 aliphatic rings. The first-order chi connectivity index (χ1) is 8.28. The molecular formula is C15H24N2. The Kier molecular flexibility index (Phi) is 4.57. The van der Waals surface area contributed by atoms with Gasteiger partial charge < -0.3 is 5.32 Å². The molecular weight excluding hydrogens is 208 g/mol. The van der Waals surface area contributed by atoms with Crippen LogP contribution < -0.4 is 5.32 Å². The van der Waals surface area contributed by atoms with Gasteiger partial charge in [-0.2, -0.15) is 0 Å². The summed E-state index contributed by atoms with van der Waals surface area (Å²) >= 11 is 0. The van der Waals surface area contributed by atoms with Gasteiger partial charge in [-0.15, -0.1) is 0 Å². The lowest BCUT2D eigenvalue weighted by Crippen LogP contribution is -2.45. The van der Waals surface area contributed by atoms with Crippen molar-refractivity contribution < 1.29 is 0 Å². The molecule has 1 heterocycles. The highest BCUT2D eigenvalue weighted by Gasteiger charge is 2.18. The molecule has 1 aromatic rings. The zero-order valence-corrected chi connectivity index (χ0v) is 11.1. The molecule has 1 aliphatic heterocycles. The van der Waals surface area contributed by atoms with Crippen LogP contribution in [0.5, 0.6) is 0 Å². The largest absolute Gasteiger partial charge is 0.313 e. The molecule has 17 heavy (non-hydrogen) atoms. The minimum absolute atomic E-state index is 0.693. The lowest BCUT2D eigenvalue weighted by atomic mass is 10.0. The van der Waals surface area contributed by atoms with Gasteiger partial charge in [0, 0.05) is 19.1 Å². The number of piperidine rings is 1. The third kappa shape index (κ3) is 3.83. The fourth-order valence-corrected chi connectivity index (χ4v) is 2.72. The summed E-state index contributed by atoms with van der Waals surface area (Å²) in [5.41, 5.74) is 2.81. The lowest BCUT2D eigenvalue weighted by molar-refractivity contribution is 0.184. The second kappa shape index (κ2) is 6.18. The Morgan fingerprint density at radius 2 is 2.29 bits per heavy atom. The molecule has 94 valence electrons. The van der Waals surface area contributed by atoms with Crippen molar-refractivity contribution in [3.8, 4) is 0 Å². The maximum atomic E-state index is 3.57. The summed E-state index contributed by atoms with van der Waals surface area (Å²) in [6.07, 6.45) is 2.65. The minimum atomic E-state index is 0.693. The highest BCUT2D eigenvalue weighted by Crippen LogP contribution is 2.14. The number of hydrogen-bond donors (Lipinski definition) is 1. The van der Waals surface area contributed by atoms with Crippen LogP contribution in [0.3, 0.4) is 0 Å². The molecule has 2 heteroatoms. The van der Waals surface area contributed by atoms with E-state index in [1.165, 1.54) is 37.1 Å². The van der Waals surface area contributed by atoms with Gasteiger partial charge >= 0.3 is 0 Å². The molecule has 1 aromatic carbocycles. The standard InChI is InChI=1S/C15H24N2/c1-3-16-15-8-5-9-17(12-15)11-14-7-4-6-13(2)10-14/h4,6-7,10,15-16H,3,5,8-9,11-12H2,1-2H3. The quantitative estimate of drug-likeness (QED) is 0.858. The van der Waals surface area contributed by atoms with Crippen molar-refractivity contribution in [2.45, 2.75) is 39.3 Å². The van der Waals surface area contributed by atoms with Gasteiger partial charge in [-0.3, -0.25) is 4.90 Å². The predicted octanol–water partition coefficient (Wildman–Crippen LogP) is 2.57. The zero-order valence-electron chi connectivity index (χ0n) is 11.1. The molecule has 0 aromatic heterocycles. The summed E-state index contributed by atoms with van der Waals surface area (Å²) < 4.78 is 0. The van der Waals surface area contributed by atoms with Crippen LogP contribution in [0.25, 0.3) is 0 Å². The average Bonchev–Trinajstić information content (AvgIpc) is 2.30. The number of hydrogen-bond acceptors (Lipinski definition) is 2. The highest BCUT2D eigenvalue weighted by atomic mass is 15.2. The topological polar surface area (TPSA) is 15.3 Å². The number of benzene rings is 1. The van der Waals surface area contributed by atoms with Crippen molar-refractivity contribution in [1.82, 2.24) is 10.2 Å². The van der Waals surface area contributed by atoms with E-state index in [2.05, 4.69) is 48.3 Å². The molecule has 1 fully saturated rings. The SMILES string of the molecule is CCNC1CCCN(Cc2cccc(C)c2)C1. The van der Waals surface area contributed by atoms with Crippen molar-refractivity contribution in [3.63, 3.8) is 0 Å². The van der Waals surface area contributed by atoms with Crippen LogP contribution in [0.15, 0.2) is 24.3 Å². The minimum Gasteiger partial charge on any atom is -0.313 e. The van der Waals surface area contributed by atoms with Gasteiger partial charge in [-0.05, 0) is 38.4 Å². The van der Waals surface area contributed by atoms with E-state index >= 15 is 0 Å². The van der Waals surface area contributed by atoms with E-state index in [0.29, 0.717) is 6.04 Å². The van der Waals surface area contributed by atoms with Crippen LogP contribution in [0, 0.1) is 6.92 Å². The van der Waals surface area contributed by atoms with Gasteiger partial charge in [0.05, 0.1) is 0 Å². The molecule has 0 radical (unpaired) electrons. The Morgan fingerprint density at radius 1 is 1.41 bits per heavy atom. The average molecular weight is 232 g/mol. The van der Waals surface area contributed by atoms with Crippen LogP contribution in [0.1, 0.15) is 30.9 Å². The Hall–Kier alpha value is -0.860. The van der Waals surface area contributed by atoms with Gasteiger partial charge in [-0.25, -0.2) is 0 Å². The van der Waals surface area contributed by atoms with E-state index in [9.17, 15) is 0 Å². The second-order valence-corrected chi connectivity index (χ2v) is 5.12. The second-order valence-electron chi connectivity index (χ2n) is 5.12. The predicted molar refractivity (Wildman–Crippen MR) is 73.2 cm³/mol. The van der Waals surface area contributed by atoms with Gasteiger partial charge in [-0.1, -0.05) is 36.8 Å². The molecule has 0 saturated carbocycles. The fraction of sp³-hybridized carbons (Fsp3) is 0.600. The maximum Gasteiger partial charge on any atom is 0.0234 e. The molecule has 0 spiro atoms. The third-order valence-corrected chi connectivity index (χ3v) is 3.49. The summed E-state index contributed by atoms with van der Waals surface area (Å²) in [6, 6.07) is 9.57. The molecule has 0 bridgehead atoms. The summed E-state index contributed by atoms with van der Waals surface area (Å²) in [4.78, 5) is 2.58. The van der Waals surface area contributed by atoms with E-state index in [1.54, 1.807) is 0 Å². The van der Waals surface area contributed by atoms with E-state index in [0.717, 1.165) is 13.1 Å². The zero-order chi connectivity index (χ0) is 12.1. The van der Waals surface area contributed by atoms with Crippen LogP contribution in [0.2, 0.25) is 0 Å². The fourth-order valence-electron chi connectivity index (χ4n) is 2.72. The van der Waals surface area contributed by atoms with Crippen LogP contribution in [-0.2, 0) is 6.54 Å². The summed E-state index contributed by atoms with van der Waals surface area (Å²) in [5, 5.41) is 3.57. The van der Waals surface area contributed by atoms with E-state index in [4.69, 9.17) is 0 Å². The molecule has 1 saturated heterocycles. The number of likely N-dealkylation sites (N-methyl/N-ethyl adjacent to an activating group) is 1. The third-order valence-electron chi connectivity index (χ3n) is 3.49. The van der Waals surface area contributed by atoms with E-state index < -0.39 is 0 Å². The number of aryl methyl sites for hydroxylation is 1. The van der Waals surface area contributed by atoms with Crippen molar-refractivity contribution in [2.24, 2.45) is 0 Å². The molecule has 2 rings (SSSR count). The number of likely N-dealkylation sites (tertiary alicyclic amines) is 1. The van der Waals surface area contributed by atoms with Crippen molar-refractivity contribution in [1.29, 1.82) is 0 Å². The maximum absolute atomic E-state index is 3.57. The van der Waals surface area contributed by atoms with Crippen molar-refractivity contribution in [3.05, 3.63) is 35.4 Å². The molecule has 2 nitrogen and oxygen atoms in total. The Bertz CT molecular complexity index is 347. The summed E-state index contributed by atoms with van der Waals surface area (Å²) in [7, 11) is 0. The first-order valence-corrected chi connectivity index (χ1v) is 6.79. The molecule has 0 amide bonds. The van der Waals surface area contributed by atoms with Gasteiger partial charge in [0.15, 0.2) is 0 Å². The summed E-state index contributed by atoms with van der Waals surface area (Å²) in [5.74, 6) is 0. The normalized spacial score (nSPS) is 21.6. The van der Waals surface area contributed by atoms with Crippen molar-refractivity contribution in [2.75, 3.05) is 19.6 Å². The monoisotopic (exact) mass is 232 g/mol. The van der Waals surface area contributed by atoms with Gasteiger partial charge in [0.1, 0.15) is 0 Å². The first kappa shape index (κ1) is 12.6. The Labute approximate surface area is 105 Å². The summed E-state index contributed by atoms with van der Waals surface area (Å²) in [6.45, 7) is 8.99. The van der Waals surface area contributed by atoms with E-state index in [1.807, 2.05) is 0 Å². The molecule has 1 atom stereocenters. The van der Waals surface area contributed by atoms with Crippen LogP contribution in [0.4, 0.5) is 0 Å². The number of nitrogens with zero attached hydrogens (tertiary/aromatic N) is 1. The Balaban J connectivity index is 1.90. The molecule has 0 aliphatic carbocycles. The van der Waals surface area contributed by atoms with Crippen molar-refractivity contribution >= 4 is 0 Å². The highest BCUT2D eigenvalue weighted by molar-refractivity contribution is 5.22. The molecule has 1 unspecified atom stereocenters. The first-order valence-electron chi connectivity index (χ1n) is 6.79. The van der Waals surface area contributed by atoms with Crippen LogP contribution >= 0.6 is 0 Å². The van der Waals surface area contributed by atoms with Crippen LogP contribution in [-0.4, -0.2) is 30.6 Å². The smallest absolute Gasteiger partial charge is 0.0234 e. The Morgan fingerprint density at radius 3 is 3.06 bits per heavy atom. The lowest BCUT2D eigenvalue weighted by Gasteiger charge is -2.33. The number of rotatable bonds is 4. The number of nitrogens with one attached hydrogen (secondary N) is 1.